The fraction of sp³-hybridized carbons (Fsp3) is 0.824. The van der Waals surface area contributed by atoms with Crippen molar-refractivity contribution < 1.29 is 4.43 Å². The molecule has 0 radical (unpaired) electrons. The molecule has 0 N–H and O–H groups in total. The van der Waals surface area contributed by atoms with Crippen LogP contribution in [0.5, 0.6) is 0 Å². The van der Waals surface area contributed by atoms with Crippen molar-refractivity contribution in [3.63, 3.8) is 0 Å². The summed E-state index contributed by atoms with van der Waals surface area (Å²) < 4.78 is 6.19. The zero-order valence-electron chi connectivity index (χ0n) is 14.4. The van der Waals surface area contributed by atoms with E-state index in [9.17, 15) is 0 Å². The van der Waals surface area contributed by atoms with Gasteiger partial charge in [-0.1, -0.05) is 27.7 Å². The van der Waals surface area contributed by atoms with Crippen LogP contribution in [-0.4, -0.2) is 14.9 Å². The molecule has 0 saturated heterocycles. The summed E-state index contributed by atoms with van der Waals surface area (Å²) in [5, 5.41) is 0.323. The maximum absolute atomic E-state index is 6.19. The normalized spacial score (nSPS) is 12.2. The average Bonchev–Trinajstić information content (AvgIpc) is 2.24. The first-order chi connectivity index (χ1) is 8.60. The van der Waals surface area contributed by atoms with Crippen LogP contribution in [0.4, 0.5) is 0 Å². The van der Waals surface area contributed by atoms with Crippen LogP contribution in [0.15, 0.2) is 16.9 Å². The molecule has 0 aliphatic heterocycles. The smallest absolute Gasteiger partial charge is 0.191 e. The van der Waals surface area contributed by atoms with Gasteiger partial charge in [-0.2, -0.15) is 0 Å². The second kappa shape index (κ2) is 8.09. The van der Waals surface area contributed by atoms with Gasteiger partial charge in [-0.05, 0) is 68.8 Å². The Labute approximate surface area is 122 Å². The Bertz CT molecular complexity index is 324. The third-order valence-electron chi connectivity index (χ3n) is 4.00. The van der Waals surface area contributed by atoms with Crippen LogP contribution in [-0.2, 0) is 4.43 Å². The van der Waals surface area contributed by atoms with E-state index in [4.69, 9.17) is 4.43 Å². The van der Waals surface area contributed by atoms with E-state index in [1.54, 1.807) is 0 Å². The van der Waals surface area contributed by atoms with Gasteiger partial charge < -0.3 is 4.43 Å². The second-order valence-corrected chi connectivity index (χ2v) is 12.0. The third-order valence-corrected chi connectivity index (χ3v) is 8.53. The lowest BCUT2D eigenvalue weighted by atomic mass is 10.1. The highest BCUT2D eigenvalue weighted by Crippen LogP contribution is 2.36. The van der Waals surface area contributed by atoms with Crippen LogP contribution in [0.25, 0.3) is 0 Å². The summed E-state index contributed by atoms with van der Waals surface area (Å²) in [6, 6.07) is 0. The Morgan fingerprint density at radius 1 is 1.11 bits per heavy atom. The molecule has 112 valence electrons. The van der Waals surface area contributed by atoms with Crippen LogP contribution >= 0.6 is 0 Å². The van der Waals surface area contributed by atoms with Gasteiger partial charge in [-0.15, -0.1) is 5.73 Å². The zero-order valence-corrected chi connectivity index (χ0v) is 15.4. The van der Waals surface area contributed by atoms with Crippen LogP contribution in [0.1, 0.15) is 67.2 Å². The maximum Gasteiger partial charge on any atom is 0.191 e. The lowest BCUT2D eigenvalue weighted by molar-refractivity contribution is 0.279. The summed E-state index contributed by atoms with van der Waals surface area (Å²) in [5.74, 6) is 0. The molecule has 0 heterocycles. The van der Waals surface area contributed by atoms with Gasteiger partial charge in [0.1, 0.15) is 0 Å². The van der Waals surface area contributed by atoms with Crippen LogP contribution < -0.4 is 0 Å². The summed E-state index contributed by atoms with van der Waals surface area (Å²) in [4.78, 5) is 0. The molecule has 0 aromatic heterocycles. The van der Waals surface area contributed by atoms with Crippen molar-refractivity contribution in [2.45, 2.75) is 85.4 Å². The van der Waals surface area contributed by atoms with Gasteiger partial charge in [0.05, 0.1) is 0 Å². The number of hydrogen-bond acceptors (Lipinski definition) is 1. The molecule has 19 heavy (non-hydrogen) atoms. The lowest BCUT2D eigenvalue weighted by Crippen LogP contribution is -2.40. The van der Waals surface area contributed by atoms with Gasteiger partial charge >= 0.3 is 0 Å². The highest BCUT2D eigenvalue weighted by molar-refractivity contribution is 6.74. The number of allylic oxidation sites excluding steroid dienone is 1. The van der Waals surface area contributed by atoms with E-state index in [0.29, 0.717) is 5.04 Å². The Morgan fingerprint density at radius 3 is 2.11 bits per heavy atom. The monoisotopic (exact) mass is 282 g/mol. The van der Waals surface area contributed by atoms with E-state index < -0.39 is 8.32 Å². The molecule has 2 heteroatoms. The van der Waals surface area contributed by atoms with Crippen molar-refractivity contribution in [3.05, 3.63) is 16.9 Å². The molecule has 0 spiro atoms. The van der Waals surface area contributed by atoms with Crippen LogP contribution in [0.3, 0.4) is 0 Å². The SMILES string of the molecule is CCC(=C=C(C)C)CCCCO[Si](C)(C)C(C)(C)C. The van der Waals surface area contributed by atoms with Gasteiger partial charge in [-0.3, -0.25) is 0 Å². The standard InChI is InChI=1S/C17H34OSi/c1-9-16(14-15(2)3)12-10-11-13-18-19(7,8)17(4,5)6/h9-13H2,1-8H3. The molecule has 0 bridgehead atoms. The van der Waals surface area contributed by atoms with Gasteiger partial charge in [-0.25, -0.2) is 0 Å². The van der Waals surface area contributed by atoms with Crippen LogP contribution in [0, 0.1) is 0 Å². The highest BCUT2D eigenvalue weighted by atomic mass is 28.4. The molecule has 0 aromatic rings. The van der Waals surface area contributed by atoms with Crippen molar-refractivity contribution in [1.29, 1.82) is 0 Å². The zero-order chi connectivity index (χ0) is 15.1. The lowest BCUT2D eigenvalue weighted by Gasteiger charge is -2.36. The minimum absolute atomic E-state index is 0.323. The van der Waals surface area contributed by atoms with E-state index >= 15 is 0 Å². The summed E-state index contributed by atoms with van der Waals surface area (Å²) >= 11 is 0. The fourth-order valence-corrected chi connectivity index (χ4v) is 2.75. The van der Waals surface area contributed by atoms with E-state index in [1.165, 1.54) is 30.4 Å². The molecule has 1 nitrogen and oxygen atoms in total. The molecule has 0 fully saturated rings. The maximum atomic E-state index is 6.19. The Kier molecular flexibility index (Phi) is 7.96. The first-order valence-electron chi connectivity index (χ1n) is 7.66. The van der Waals surface area contributed by atoms with Gasteiger partial charge in [0.2, 0.25) is 0 Å². The Balaban J connectivity index is 4.05. The minimum atomic E-state index is -1.54. The molecule has 0 unspecified atom stereocenters. The first-order valence-corrected chi connectivity index (χ1v) is 10.6. The van der Waals surface area contributed by atoms with E-state index in [2.05, 4.69) is 60.4 Å². The molecule has 0 amide bonds. The Morgan fingerprint density at radius 2 is 1.68 bits per heavy atom. The number of rotatable bonds is 7. The molecule has 0 atom stereocenters. The summed E-state index contributed by atoms with van der Waals surface area (Å²) in [6.45, 7) is 18.9. The number of unbranched alkanes of at least 4 members (excludes halogenated alkanes) is 1. The van der Waals surface area contributed by atoms with Crippen molar-refractivity contribution >= 4 is 8.32 Å². The second-order valence-electron chi connectivity index (χ2n) is 7.15. The highest BCUT2D eigenvalue weighted by Gasteiger charge is 2.36. The Hall–Kier alpha value is -0.303. The predicted octanol–water partition coefficient (Wildman–Crippen LogP) is 6.08. The average molecular weight is 283 g/mol. The summed E-state index contributed by atoms with van der Waals surface area (Å²) in [6.07, 6.45) is 4.68. The van der Waals surface area contributed by atoms with Crippen molar-refractivity contribution in [2.75, 3.05) is 6.61 Å². The predicted molar refractivity (Wildman–Crippen MR) is 89.2 cm³/mol. The molecule has 0 rings (SSSR count). The van der Waals surface area contributed by atoms with Gasteiger partial charge in [0, 0.05) is 6.61 Å². The molecule has 0 aliphatic carbocycles. The van der Waals surface area contributed by atoms with Crippen molar-refractivity contribution in [2.24, 2.45) is 0 Å². The molecule has 0 saturated carbocycles. The third kappa shape index (κ3) is 7.76. The van der Waals surface area contributed by atoms with Crippen molar-refractivity contribution in [3.8, 4) is 0 Å². The topological polar surface area (TPSA) is 9.23 Å². The largest absolute Gasteiger partial charge is 0.417 e. The fourth-order valence-electron chi connectivity index (χ4n) is 1.67. The summed E-state index contributed by atoms with van der Waals surface area (Å²) in [5.41, 5.74) is 6.20. The first kappa shape index (κ1) is 18.7. The van der Waals surface area contributed by atoms with E-state index in [1.807, 2.05) is 0 Å². The van der Waals surface area contributed by atoms with E-state index in [-0.39, 0.29) is 0 Å². The van der Waals surface area contributed by atoms with Gasteiger partial charge in [0.25, 0.3) is 0 Å². The number of hydrogen-bond donors (Lipinski definition) is 0. The molecular weight excluding hydrogens is 248 g/mol. The minimum Gasteiger partial charge on any atom is -0.417 e. The van der Waals surface area contributed by atoms with Crippen LogP contribution in [0.2, 0.25) is 18.1 Å². The van der Waals surface area contributed by atoms with Crippen molar-refractivity contribution in [1.82, 2.24) is 0 Å². The van der Waals surface area contributed by atoms with Gasteiger partial charge in [0.15, 0.2) is 8.32 Å². The molecule has 0 aromatic carbocycles. The molecule has 0 aliphatic rings. The molecular formula is C17H34OSi. The quantitative estimate of drug-likeness (QED) is 0.312. The van der Waals surface area contributed by atoms with E-state index in [0.717, 1.165) is 13.0 Å². The summed E-state index contributed by atoms with van der Waals surface area (Å²) in [7, 11) is -1.54.